The summed E-state index contributed by atoms with van der Waals surface area (Å²) >= 11 is 0. The van der Waals surface area contributed by atoms with Crippen LogP contribution in [0.5, 0.6) is 0 Å². The Hall–Kier alpha value is -2.10. The smallest absolute Gasteiger partial charge is 0.381 e. The van der Waals surface area contributed by atoms with Crippen molar-refractivity contribution in [1.82, 2.24) is 9.78 Å². The second kappa shape index (κ2) is 7.65. The van der Waals surface area contributed by atoms with Crippen molar-refractivity contribution in [2.75, 3.05) is 18.5 Å². The number of nitrogens with one attached hydrogen (secondary N) is 1. The topological polar surface area (TPSA) is 82.2 Å². The molecule has 142 valence electrons. The number of hydrogen-bond acceptors (Lipinski definition) is 4. The van der Waals surface area contributed by atoms with Crippen LogP contribution in [0.4, 0.5) is 18.9 Å². The molecule has 1 saturated heterocycles. The SMILES string of the molecule is Cl.NC1(C(=O)Nc2cnn(-c3cccc(C(F)(F)F)c3)c2)CCOCC1. The van der Waals surface area contributed by atoms with Crippen molar-refractivity contribution in [2.24, 2.45) is 5.73 Å². The lowest BCUT2D eigenvalue weighted by molar-refractivity contribution is -0.137. The van der Waals surface area contributed by atoms with Gasteiger partial charge in [0.25, 0.3) is 0 Å². The number of benzene rings is 1. The average Bonchev–Trinajstić information content (AvgIpc) is 3.03. The van der Waals surface area contributed by atoms with Crippen molar-refractivity contribution in [3.8, 4) is 5.69 Å². The summed E-state index contributed by atoms with van der Waals surface area (Å²) in [6.07, 6.45) is -0.826. The van der Waals surface area contributed by atoms with Crippen LogP contribution in [0.15, 0.2) is 36.7 Å². The molecule has 10 heteroatoms. The number of anilines is 1. The molecule has 1 aliphatic rings. The van der Waals surface area contributed by atoms with Crippen molar-refractivity contribution in [1.29, 1.82) is 0 Å². The maximum atomic E-state index is 12.8. The Labute approximate surface area is 153 Å². The molecule has 0 atom stereocenters. The van der Waals surface area contributed by atoms with Gasteiger partial charge in [0.2, 0.25) is 5.91 Å². The first-order valence-electron chi connectivity index (χ1n) is 7.68. The highest BCUT2D eigenvalue weighted by Crippen LogP contribution is 2.30. The molecule has 2 aromatic rings. The quantitative estimate of drug-likeness (QED) is 0.844. The molecule has 1 aliphatic heterocycles. The van der Waals surface area contributed by atoms with Crippen molar-refractivity contribution in [3.63, 3.8) is 0 Å². The number of halogens is 4. The number of rotatable bonds is 3. The van der Waals surface area contributed by atoms with Gasteiger partial charge in [-0.15, -0.1) is 12.4 Å². The molecule has 1 amide bonds. The van der Waals surface area contributed by atoms with E-state index in [-0.39, 0.29) is 24.0 Å². The summed E-state index contributed by atoms with van der Waals surface area (Å²) in [7, 11) is 0. The van der Waals surface area contributed by atoms with Gasteiger partial charge in [-0.05, 0) is 31.0 Å². The number of nitrogens with zero attached hydrogens (tertiary/aromatic N) is 2. The van der Waals surface area contributed by atoms with Crippen molar-refractivity contribution < 1.29 is 22.7 Å². The van der Waals surface area contributed by atoms with Crippen LogP contribution in [-0.2, 0) is 15.7 Å². The van der Waals surface area contributed by atoms with E-state index in [1.54, 1.807) is 0 Å². The van der Waals surface area contributed by atoms with E-state index in [2.05, 4.69) is 10.4 Å². The van der Waals surface area contributed by atoms with Crippen LogP contribution in [0.25, 0.3) is 5.69 Å². The molecular weight excluding hydrogens is 373 g/mol. The van der Waals surface area contributed by atoms with Gasteiger partial charge in [0.05, 0.1) is 29.3 Å². The van der Waals surface area contributed by atoms with Crippen molar-refractivity contribution in [3.05, 3.63) is 42.2 Å². The maximum Gasteiger partial charge on any atom is 0.416 e. The van der Waals surface area contributed by atoms with Gasteiger partial charge < -0.3 is 15.8 Å². The predicted molar refractivity (Wildman–Crippen MR) is 91.4 cm³/mol. The highest BCUT2D eigenvalue weighted by Gasteiger charge is 2.36. The molecular formula is C16H18ClF3N4O2. The largest absolute Gasteiger partial charge is 0.416 e. The summed E-state index contributed by atoms with van der Waals surface area (Å²) in [6, 6.07) is 4.77. The fraction of sp³-hybridized carbons (Fsp3) is 0.375. The molecule has 1 fully saturated rings. The monoisotopic (exact) mass is 390 g/mol. The molecule has 0 aliphatic carbocycles. The Balaban J connectivity index is 0.00000243. The van der Waals surface area contributed by atoms with E-state index in [0.29, 0.717) is 31.7 Å². The minimum absolute atomic E-state index is 0. The Morgan fingerprint density at radius 3 is 2.65 bits per heavy atom. The molecule has 3 rings (SSSR count). The Morgan fingerprint density at radius 1 is 1.31 bits per heavy atom. The molecule has 0 spiro atoms. The first-order chi connectivity index (χ1) is 11.8. The van der Waals surface area contributed by atoms with Crippen molar-refractivity contribution >= 4 is 24.0 Å². The zero-order valence-corrected chi connectivity index (χ0v) is 14.4. The van der Waals surface area contributed by atoms with Crippen LogP contribution in [0, 0.1) is 0 Å². The lowest BCUT2D eigenvalue weighted by Gasteiger charge is -2.31. The first kappa shape index (κ1) is 20.2. The Bertz CT molecular complexity index is 773. The minimum atomic E-state index is -4.44. The Kier molecular flexibility index (Phi) is 5.94. The van der Waals surface area contributed by atoms with Gasteiger partial charge in [0.1, 0.15) is 5.54 Å². The van der Waals surface area contributed by atoms with E-state index in [1.165, 1.54) is 29.2 Å². The standard InChI is InChI=1S/C16H17F3N4O2.ClH/c17-16(18,19)11-2-1-3-13(8-11)23-10-12(9-21-23)22-14(24)15(20)4-6-25-7-5-15;/h1-3,8-10H,4-7,20H2,(H,22,24);1H. The molecule has 0 unspecified atom stereocenters. The Morgan fingerprint density at radius 2 is 2.00 bits per heavy atom. The highest BCUT2D eigenvalue weighted by molar-refractivity contribution is 5.97. The molecule has 3 N–H and O–H groups in total. The third-order valence-corrected chi connectivity index (χ3v) is 4.12. The summed E-state index contributed by atoms with van der Waals surface area (Å²) in [5.41, 5.74) is 4.90. The zero-order valence-electron chi connectivity index (χ0n) is 13.6. The predicted octanol–water partition coefficient (Wildman–Crippen LogP) is 2.76. The van der Waals surface area contributed by atoms with Gasteiger partial charge in [-0.25, -0.2) is 4.68 Å². The van der Waals surface area contributed by atoms with Gasteiger partial charge >= 0.3 is 6.18 Å². The molecule has 2 heterocycles. The molecule has 6 nitrogen and oxygen atoms in total. The van der Waals surface area contributed by atoms with Crippen LogP contribution in [-0.4, -0.2) is 34.4 Å². The fourth-order valence-electron chi connectivity index (χ4n) is 2.57. The number of ether oxygens (including phenoxy) is 1. The third kappa shape index (κ3) is 4.35. The molecule has 26 heavy (non-hydrogen) atoms. The van der Waals surface area contributed by atoms with Crippen molar-refractivity contribution in [2.45, 2.75) is 24.6 Å². The molecule has 1 aromatic carbocycles. The van der Waals surface area contributed by atoms with Gasteiger partial charge in [-0.3, -0.25) is 4.79 Å². The molecule has 0 saturated carbocycles. The number of hydrogen-bond donors (Lipinski definition) is 2. The van der Waals surface area contributed by atoms with Gasteiger partial charge in [0.15, 0.2) is 0 Å². The number of carbonyl (C=O) groups excluding carboxylic acids is 1. The summed E-state index contributed by atoms with van der Waals surface area (Å²) in [5, 5.41) is 6.66. The number of nitrogens with two attached hydrogens (primary N) is 1. The lowest BCUT2D eigenvalue weighted by Crippen LogP contribution is -2.54. The summed E-state index contributed by atoms with van der Waals surface area (Å²) < 4.78 is 44.9. The first-order valence-corrected chi connectivity index (χ1v) is 7.68. The van der Waals surface area contributed by atoms with Crippen LogP contribution < -0.4 is 11.1 Å². The van der Waals surface area contributed by atoms with E-state index in [9.17, 15) is 18.0 Å². The van der Waals surface area contributed by atoms with E-state index in [4.69, 9.17) is 10.5 Å². The second-order valence-electron chi connectivity index (χ2n) is 5.94. The van der Waals surface area contributed by atoms with Crippen LogP contribution >= 0.6 is 12.4 Å². The normalized spacial score (nSPS) is 16.6. The number of aromatic nitrogens is 2. The second-order valence-corrected chi connectivity index (χ2v) is 5.94. The zero-order chi connectivity index (χ0) is 18.1. The van der Waals surface area contributed by atoms with Gasteiger partial charge in [0, 0.05) is 13.2 Å². The van der Waals surface area contributed by atoms with Gasteiger partial charge in [-0.2, -0.15) is 18.3 Å². The summed E-state index contributed by atoms with van der Waals surface area (Å²) in [5.74, 6) is -0.362. The maximum absolute atomic E-state index is 12.8. The van der Waals surface area contributed by atoms with E-state index < -0.39 is 17.3 Å². The van der Waals surface area contributed by atoms with E-state index >= 15 is 0 Å². The van der Waals surface area contributed by atoms with E-state index in [1.807, 2.05) is 0 Å². The fourth-order valence-corrected chi connectivity index (χ4v) is 2.57. The molecule has 1 aromatic heterocycles. The number of alkyl halides is 3. The van der Waals surface area contributed by atoms with E-state index in [0.717, 1.165) is 12.1 Å². The molecule has 0 radical (unpaired) electrons. The lowest BCUT2D eigenvalue weighted by atomic mass is 9.90. The van der Waals surface area contributed by atoms with Crippen LogP contribution in [0.1, 0.15) is 18.4 Å². The number of carbonyl (C=O) groups is 1. The van der Waals surface area contributed by atoms with Crippen LogP contribution in [0.2, 0.25) is 0 Å². The average molecular weight is 391 g/mol. The summed E-state index contributed by atoms with van der Waals surface area (Å²) in [6.45, 7) is 0.820. The highest BCUT2D eigenvalue weighted by atomic mass is 35.5. The van der Waals surface area contributed by atoms with Gasteiger partial charge in [-0.1, -0.05) is 6.07 Å². The molecule has 0 bridgehead atoms. The summed E-state index contributed by atoms with van der Waals surface area (Å²) in [4.78, 5) is 12.3. The van der Waals surface area contributed by atoms with Crippen LogP contribution in [0.3, 0.4) is 0 Å². The number of amides is 1. The minimum Gasteiger partial charge on any atom is -0.381 e. The third-order valence-electron chi connectivity index (χ3n) is 4.12.